The number of hydrogen-bond donors (Lipinski definition) is 1. The van der Waals surface area contributed by atoms with Gasteiger partial charge in [-0.1, -0.05) is 0 Å². The maximum absolute atomic E-state index is 12.5. The highest BCUT2D eigenvalue weighted by Gasteiger charge is 2.39. The van der Waals surface area contributed by atoms with Gasteiger partial charge in [0.2, 0.25) is 0 Å². The third-order valence-electron chi connectivity index (χ3n) is 4.21. The van der Waals surface area contributed by atoms with E-state index < -0.39 is 12.0 Å². The molecule has 6 heteroatoms. The van der Waals surface area contributed by atoms with Crippen LogP contribution >= 0.6 is 0 Å². The lowest BCUT2D eigenvalue weighted by molar-refractivity contribution is -0.141. The maximum atomic E-state index is 12.5. The highest BCUT2D eigenvalue weighted by atomic mass is 16.5. The molecule has 2 aliphatic heterocycles. The first kappa shape index (κ1) is 14.1. The van der Waals surface area contributed by atoms with Gasteiger partial charge in [0.1, 0.15) is 6.04 Å². The van der Waals surface area contributed by atoms with Gasteiger partial charge in [-0.2, -0.15) is 0 Å². The number of amides is 2. The second-order valence-electron chi connectivity index (χ2n) is 5.65. The van der Waals surface area contributed by atoms with Crippen molar-refractivity contribution in [3.05, 3.63) is 0 Å². The number of carboxylic acids is 1. The molecule has 0 aromatic carbocycles. The number of piperidine rings is 1. The van der Waals surface area contributed by atoms with Crippen LogP contribution in [0.15, 0.2) is 0 Å². The summed E-state index contributed by atoms with van der Waals surface area (Å²) >= 11 is 0. The van der Waals surface area contributed by atoms with E-state index >= 15 is 0 Å². The van der Waals surface area contributed by atoms with Crippen molar-refractivity contribution < 1.29 is 19.4 Å². The third-order valence-corrected chi connectivity index (χ3v) is 4.21. The Kier molecular flexibility index (Phi) is 3.99. The zero-order valence-corrected chi connectivity index (χ0v) is 11.6. The van der Waals surface area contributed by atoms with E-state index in [1.165, 1.54) is 4.90 Å². The summed E-state index contributed by atoms with van der Waals surface area (Å²) in [5, 5.41) is 9.14. The Morgan fingerprint density at radius 2 is 2.05 bits per heavy atom. The third kappa shape index (κ3) is 2.83. The molecule has 0 saturated carbocycles. The fourth-order valence-corrected chi connectivity index (χ4v) is 2.97. The Morgan fingerprint density at radius 1 is 1.32 bits per heavy atom. The highest BCUT2D eigenvalue weighted by Crippen LogP contribution is 2.26. The largest absolute Gasteiger partial charge is 0.480 e. The number of carbonyl (C=O) groups is 2. The van der Waals surface area contributed by atoms with Gasteiger partial charge < -0.3 is 19.6 Å². The van der Waals surface area contributed by atoms with Crippen LogP contribution in [0.1, 0.15) is 32.6 Å². The van der Waals surface area contributed by atoms with E-state index in [0.29, 0.717) is 26.1 Å². The number of carboxylic acid groups (broad SMARTS) is 1. The van der Waals surface area contributed by atoms with Gasteiger partial charge in [-0.15, -0.1) is 0 Å². The van der Waals surface area contributed by atoms with E-state index in [2.05, 4.69) is 0 Å². The van der Waals surface area contributed by atoms with Crippen LogP contribution < -0.4 is 0 Å². The zero-order chi connectivity index (χ0) is 14.0. The minimum absolute atomic E-state index is 0.159. The standard InChI is InChI=1S/C13H22N2O4/c1-13(19-2)6-4-7-14(9-13)12(18)15-8-3-5-10(15)11(16)17/h10H,3-9H2,1-2H3,(H,16,17). The average molecular weight is 270 g/mol. The van der Waals surface area contributed by atoms with Gasteiger partial charge >= 0.3 is 12.0 Å². The number of urea groups is 1. The van der Waals surface area contributed by atoms with Gasteiger partial charge in [-0.25, -0.2) is 9.59 Å². The molecular formula is C13H22N2O4. The molecule has 108 valence electrons. The van der Waals surface area contributed by atoms with Gasteiger partial charge in [0.25, 0.3) is 0 Å². The number of aliphatic carboxylic acids is 1. The van der Waals surface area contributed by atoms with Crippen molar-refractivity contribution in [2.45, 2.75) is 44.2 Å². The molecule has 2 saturated heterocycles. The summed E-state index contributed by atoms with van der Waals surface area (Å²) in [6.07, 6.45) is 3.13. The van der Waals surface area contributed by atoms with Gasteiger partial charge in [0, 0.05) is 20.2 Å². The molecule has 0 radical (unpaired) electrons. The molecule has 2 rings (SSSR count). The van der Waals surface area contributed by atoms with E-state index in [0.717, 1.165) is 19.3 Å². The summed E-state index contributed by atoms with van der Waals surface area (Å²) in [4.78, 5) is 26.8. The minimum Gasteiger partial charge on any atom is -0.480 e. The number of hydrogen-bond acceptors (Lipinski definition) is 3. The maximum Gasteiger partial charge on any atom is 0.326 e. The lowest BCUT2D eigenvalue weighted by atomic mass is 9.95. The van der Waals surface area contributed by atoms with Crippen LogP contribution in [0, 0.1) is 0 Å². The molecule has 6 nitrogen and oxygen atoms in total. The van der Waals surface area contributed by atoms with Crippen LogP contribution in [0.5, 0.6) is 0 Å². The summed E-state index contributed by atoms with van der Waals surface area (Å²) in [6.45, 7) is 3.74. The summed E-state index contributed by atoms with van der Waals surface area (Å²) in [7, 11) is 1.66. The Hall–Kier alpha value is -1.30. The number of nitrogens with zero attached hydrogens (tertiary/aromatic N) is 2. The predicted molar refractivity (Wildman–Crippen MR) is 69.0 cm³/mol. The molecule has 19 heavy (non-hydrogen) atoms. The first-order valence-electron chi connectivity index (χ1n) is 6.80. The number of rotatable bonds is 2. The molecule has 0 aromatic rings. The quantitative estimate of drug-likeness (QED) is 0.817. The van der Waals surface area contributed by atoms with Crippen LogP contribution in [0.25, 0.3) is 0 Å². The highest BCUT2D eigenvalue weighted by molar-refractivity contribution is 5.83. The van der Waals surface area contributed by atoms with Crippen molar-refractivity contribution in [3.63, 3.8) is 0 Å². The molecule has 0 aliphatic carbocycles. The van der Waals surface area contributed by atoms with Crippen LogP contribution in [0.2, 0.25) is 0 Å². The van der Waals surface area contributed by atoms with Crippen LogP contribution in [-0.2, 0) is 9.53 Å². The van der Waals surface area contributed by atoms with Crippen molar-refractivity contribution >= 4 is 12.0 Å². The van der Waals surface area contributed by atoms with E-state index in [-0.39, 0.29) is 11.6 Å². The van der Waals surface area contributed by atoms with Gasteiger partial charge in [0.15, 0.2) is 0 Å². The summed E-state index contributed by atoms with van der Waals surface area (Å²) in [5.74, 6) is -0.905. The van der Waals surface area contributed by atoms with E-state index in [4.69, 9.17) is 9.84 Å². The fourth-order valence-electron chi connectivity index (χ4n) is 2.97. The molecule has 2 amide bonds. The Labute approximate surface area is 113 Å². The smallest absolute Gasteiger partial charge is 0.326 e. The van der Waals surface area contributed by atoms with Crippen molar-refractivity contribution in [1.82, 2.24) is 9.80 Å². The van der Waals surface area contributed by atoms with Gasteiger partial charge in [-0.3, -0.25) is 0 Å². The van der Waals surface area contributed by atoms with E-state index in [1.807, 2.05) is 6.92 Å². The van der Waals surface area contributed by atoms with Crippen molar-refractivity contribution in [2.24, 2.45) is 0 Å². The first-order valence-corrected chi connectivity index (χ1v) is 6.80. The number of carbonyl (C=O) groups excluding carboxylic acids is 1. The first-order chi connectivity index (χ1) is 8.97. The molecule has 2 heterocycles. The Morgan fingerprint density at radius 3 is 2.68 bits per heavy atom. The van der Waals surface area contributed by atoms with Crippen LogP contribution in [0.3, 0.4) is 0 Å². The van der Waals surface area contributed by atoms with Crippen LogP contribution in [0.4, 0.5) is 4.79 Å². The van der Waals surface area contributed by atoms with Crippen LogP contribution in [-0.4, -0.2) is 65.3 Å². The topological polar surface area (TPSA) is 70.1 Å². The molecule has 1 N–H and O–H groups in total. The average Bonchev–Trinajstić information content (AvgIpc) is 2.87. The fraction of sp³-hybridized carbons (Fsp3) is 0.846. The Bertz CT molecular complexity index is 374. The molecule has 2 aliphatic rings. The summed E-state index contributed by atoms with van der Waals surface area (Å²) in [6, 6.07) is -0.823. The zero-order valence-electron chi connectivity index (χ0n) is 11.6. The number of ether oxygens (including phenoxy) is 1. The molecule has 2 fully saturated rings. The molecule has 0 bridgehead atoms. The van der Waals surface area contributed by atoms with Crippen molar-refractivity contribution in [3.8, 4) is 0 Å². The lowest BCUT2D eigenvalue weighted by Gasteiger charge is -2.41. The molecule has 0 aromatic heterocycles. The summed E-state index contributed by atoms with van der Waals surface area (Å²) in [5.41, 5.74) is -0.313. The second-order valence-corrected chi connectivity index (χ2v) is 5.65. The SMILES string of the molecule is COC1(C)CCCN(C(=O)N2CCCC2C(=O)O)C1. The molecular weight excluding hydrogens is 248 g/mol. The molecule has 0 spiro atoms. The van der Waals surface area contributed by atoms with Gasteiger partial charge in [-0.05, 0) is 32.6 Å². The van der Waals surface area contributed by atoms with E-state index in [1.54, 1.807) is 12.0 Å². The number of methoxy groups -OCH3 is 1. The van der Waals surface area contributed by atoms with Crippen molar-refractivity contribution in [2.75, 3.05) is 26.7 Å². The molecule has 2 unspecified atom stereocenters. The van der Waals surface area contributed by atoms with Crippen molar-refractivity contribution in [1.29, 1.82) is 0 Å². The normalized spacial score (nSPS) is 31.6. The minimum atomic E-state index is -0.905. The molecule has 2 atom stereocenters. The predicted octanol–water partition coefficient (Wildman–Crippen LogP) is 1.16. The lowest BCUT2D eigenvalue weighted by Crippen LogP contribution is -2.55. The second kappa shape index (κ2) is 5.36. The monoisotopic (exact) mass is 270 g/mol. The van der Waals surface area contributed by atoms with E-state index in [9.17, 15) is 9.59 Å². The number of likely N-dealkylation sites (tertiary alicyclic amines) is 2. The summed E-state index contributed by atoms with van der Waals surface area (Å²) < 4.78 is 5.47. The van der Waals surface area contributed by atoms with Gasteiger partial charge in [0.05, 0.1) is 12.1 Å². The Balaban J connectivity index is 2.05.